The van der Waals surface area contributed by atoms with Gasteiger partial charge in [0.05, 0.1) is 5.56 Å². The van der Waals surface area contributed by atoms with Crippen molar-refractivity contribution >= 4 is 5.69 Å². The van der Waals surface area contributed by atoms with Crippen molar-refractivity contribution in [2.45, 2.75) is 0 Å². The third-order valence-electron chi connectivity index (χ3n) is 2.85. The molecule has 5 heteroatoms. The number of rotatable bonds is 2. The number of aromatic hydroxyl groups is 1. The van der Waals surface area contributed by atoms with Crippen molar-refractivity contribution in [1.82, 2.24) is 15.2 Å². The molecule has 3 aromatic rings. The van der Waals surface area contributed by atoms with Gasteiger partial charge in [-0.3, -0.25) is 5.10 Å². The zero-order valence-electron chi connectivity index (χ0n) is 10.0. The highest BCUT2D eigenvalue weighted by Gasteiger charge is 2.11. The molecule has 0 aliphatic heterocycles. The van der Waals surface area contributed by atoms with Gasteiger partial charge in [0.2, 0.25) is 0 Å². The number of nitrogens with one attached hydrogen (secondary N) is 1. The summed E-state index contributed by atoms with van der Waals surface area (Å²) in [5.41, 5.74) is 7.89. The molecule has 0 aliphatic carbocycles. The second kappa shape index (κ2) is 4.45. The quantitative estimate of drug-likeness (QED) is 0.611. The van der Waals surface area contributed by atoms with E-state index < -0.39 is 0 Å². The Bertz CT molecular complexity index is 661. The van der Waals surface area contributed by atoms with Gasteiger partial charge >= 0.3 is 0 Å². The lowest BCUT2D eigenvalue weighted by molar-refractivity contribution is 0.477. The standard InChI is InChI=1S/C14H12N4O/c15-11-7-3-1-5-9(11)13-16-14(18-17-13)10-6-2-4-8-12(10)19/h1-8,19H,15H2,(H,16,17,18). The Kier molecular flexibility index (Phi) is 2.64. The molecule has 5 nitrogen and oxygen atoms in total. The van der Waals surface area contributed by atoms with Crippen molar-refractivity contribution in [3.05, 3.63) is 48.5 Å². The summed E-state index contributed by atoms with van der Waals surface area (Å²) in [5.74, 6) is 1.17. The van der Waals surface area contributed by atoms with Gasteiger partial charge in [-0.2, -0.15) is 5.10 Å². The zero-order chi connectivity index (χ0) is 13.2. The van der Waals surface area contributed by atoms with Gasteiger partial charge in [0.15, 0.2) is 11.6 Å². The predicted octanol–water partition coefficient (Wildman–Crippen LogP) is 2.43. The summed E-state index contributed by atoms with van der Waals surface area (Å²) in [4.78, 5) is 4.37. The molecule has 0 amide bonds. The Labute approximate surface area is 109 Å². The van der Waals surface area contributed by atoms with Crippen LogP contribution in [0.4, 0.5) is 5.69 Å². The van der Waals surface area contributed by atoms with E-state index in [-0.39, 0.29) is 5.75 Å². The van der Waals surface area contributed by atoms with Crippen LogP contribution in [0, 0.1) is 0 Å². The molecule has 0 radical (unpaired) electrons. The van der Waals surface area contributed by atoms with Crippen LogP contribution in [-0.2, 0) is 0 Å². The van der Waals surface area contributed by atoms with Crippen molar-refractivity contribution in [2.24, 2.45) is 0 Å². The molecule has 0 unspecified atom stereocenters. The molecule has 19 heavy (non-hydrogen) atoms. The molecule has 4 N–H and O–H groups in total. The third kappa shape index (κ3) is 2.01. The van der Waals surface area contributed by atoms with Crippen LogP contribution in [0.3, 0.4) is 0 Å². The van der Waals surface area contributed by atoms with Crippen LogP contribution in [0.1, 0.15) is 0 Å². The van der Waals surface area contributed by atoms with Gasteiger partial charge in [-0.05, 0) is 24.3 Å². The molecule has 0 bridgehead atoms. The first-order valence-corrected chi connectivity index (χ1v) is 5.81. The number of H-pyrrole nitrogens is 1. The van der Waals surface area contributed by atoms with Crippen LogP contribution >= 0.6 is 0 Å². The van der Waals surface area contributed by atoms with Gasteiger partial charge in [-0.15, -0.1) is 0 Å². The highest BCUT2D eigenvalue weighted by molar-refractivity contribution is 5.73. The minimum atomic E-state index is 0.147. The molecule has 3 rings (SSSR count). The number of phenolic OH excluding ortho intramolecular Hbond substituents is 1. The van der Waals surface area contributed by atoms with Gasteiger partial charge in [0.1, 0.15) is 5.75 Å². The van der Waals surface area contributed by atoms with E-state index in [1.54, 1.807) is 24.3 Å². The van der Waals surface area contributed by atoms with Crippen LogP contribution in [0.15, 0.2) is 48.5 Å². The fourth-order valence-corrected chi connectivity index (χ4v) is 1.88. The van der Waals surface area contributed by atoms with Crippen LogP contribution in [0.5, 0.6) is 5.75 Å². The number of benzene rings is 2. The monoisotopic (exact) mass is 252 g/mol. The topological polar surface area (TPSA) is 87.8 Å². The number of phenols is 1. The summed E-state index contributed by atoms with van der Waals surface area (Å²) in [6, 6.07) is 14.3. The zero-order valence-corrected chi connectivity index (χ0v) is 10.0. The molecular weight excluding hydrogens is 240 g/mol. The van der Waals surface area contributed by atoms with Crippen molar-refractivity contribution in [3.63, 3.8) is 0 Å². The SMILES string of the molecule is Nc1ccccc1-c1nc(-c2ccccc2O)n[nH]1. The Balaban J connectivity index is 2.06. The predicted molar refractivity (Wildman–Crippen MR) is 73.3 cm³/mol. The first-order chi connectivity index (χ1) is 9.25. The third-order valence-corrected chi connectivity index (χ3v) is 2.85. The smallest absolute Gasteiger partial charge is 0.185 e. The van der Waals surface area contributed by atoms with Crippen molar-refractivity contribution in [2.75, 3.05) is 5.73 Å². The van der Waals surface area contributed by atoms with Crippen LogP contribution in [0.25, 0.3) is 22.8 Å². The molecule has 1 aromatic heterocycles. The summed E-state index contributed by atoms with van der Waals surface area (Å²) in [5, 5.41) is 16.7. The lowest BCUT2D eigenvalue weighted by atomic mass is 10.1. The first kappa shape index (κ1) is 11.3. The van der Waals surface area contributed by atoms with E-state index >= 15 is 0 Å². The van der Waals surface area contributed by atoms with E-state index in [1.807, 2.05) is 24.3 Å². The van der Waals surface area contributed by atoms with E-state index in [0.717, 1.165) is 5.56 Å². The molecule has 0 saturated carbocycles. The average molecular weight is 252 g/mol. The van der Waals surface area contributed by atoms with Crippen molar-refractivity contribution in [3.8, 4) is 28.5 Å². The van der Waals surface area contributed by atoms with E-state index in [4.69, 9.17) is 5.73 Å². The second-order valence-electron chi connectivity index (χ2n) is 4.11. The number of aromatic nitrogens is 3. The van der Waals surface area contributed by atoms with E-state index in [2.05, 4.69) is 15.2 Å². The molecule has 0 saturated heterocycles. The minimum absolute atomic E-state index is 0.147. The molecule has 0 fully saturated rings. The summed E-state index contributed by atoms with van der Waals surface area (Å²) in [6.45, 7) is 0. The second-order valence-corrected chi connectivity index (χ2v) is 4.11. The van der Waals surface area contributed by atoms with Crippen molar-refractivity contribution < 1.29 is 5.11 Å². The molecule has 1 heterocycles. The normalized spacial score (nSPS) is 10.5. The number of hydrogen-bond donors (Lipinski definition) is 3. The molecule has 0 spiro atoms. The maximum Gasteiger partial charge on any atom is 0.185 e. The Morgan fingerprint density at radius 3 is 2.37 bits per heavy atom. The number of nitrogens with two attached hydrogens (primary N) is 1. The van der Waals surface area contributed by atoms with E-state index in [0.29, 0.717) is 22.9 Å². The highest BCUT2D eigenvalue weighted by Crippen LogP contribution is 2.28. The molecule has 0 atom stereocenters. The van der Waals surface area contributed by atoms with Gasteiger partial charge < -0.3 is 10.8 Å². The lowest BCUT2D eigenvalue weighted by Gasteiger charge is -2.00. The fourth-order valence-electron chi connectivity index (χ4n) is 1.88. The van der Waals surface area contributed by atoms with Gasteiger partial charge in [-0.1, -0.05) is 24.3 Å². The summed E-state index contributed by atoms with van der Waals surface area (Å²) in [7, 11) is 0. The number of nitrogen functional groups attached to an aromatic ring is 1. The highest BCUT2D eigenvalue weighted by atomic mass is 16.3. The molecule has 94 valence electrons. The Hall–Kier alpha value is -2.82. The van der Waals surface area contributed by atoms with E-state index in [1.165, 1.54) is 0 Å². The van der Waals surface area contributed by atoms with Crippen molar-refractivity contribution in [1.29, 1.82) is 0 Å². The van der Waals surface area contributed by atoms with E-state index in [9.17, 15) is 5.11 Å². The molecule has 2 aromatic carbocycles. The van der Waals surface area contributed by atoms with Gasteiger partial charge in [0, 0.05) is 11.3 Å². The Morgan fingerprint density at radius 1 is 0.947 bits per heavy atom. The molecular formula is C14H12N4O. The lowest BCUT2D eigenvalue weighted by Crippen LogP contribution is -1.90. The number of aromatic amines is 1. The number of hydrogen-bond acceptors (Lipinski definition) is 4. The Morgan fingerprint density at radius 2 is 1.63 bits per heavy atom. The summed E-state index contributed by atoms with van der Waals surface area (Å²) < 4.78 is 0. The van der Waals surface area contributed by atoms with Crippen LogP contribution in [0.2, 0.25) is 0 Å². The summed E-state index contributed by atoms with van der Waals surface area (Å²) >= 11 is 0. The maximum atomic E-state index is 9.78. The number of nitrogens with zero attached hydrogens (tertiary/aromatic N) is 2. The average Bonchev–Trinajstić information content (AvgIpc) is 2.89. The first-order valence-electron chi connectivity index (χ1n) is 5.81. The minimum Gasteiger partial charge on any atom is -0.507 e. The fraction of sp³-hybridized carbons (Fsp3) is 0. The summed E-state index contributed by atoms with van der Waals surface area (Å²) in [6.07, 6.45) is 0. The van der Waals surface area contributed by atoms with Crippen LogP contribution < -0.4 is 5.73 Å². The van der Waals surface area contributed by atoms with Gasteiger partial charge in [0.25, 0.3) is 0 Å². The van der Waals surface area contributed by atoms with Gasteiger partial charge in [-0.25, -0.2) is 4.98 Å². The molecule has 0 aliphatic rings. The largest absolute Gasteiger partial charge is 0.507 e. The maximum absolute atomic E-state index is 9.78. The number of anilines is 1. The van der Waals surface area contributed by atoms with Crippen LogP contribution in [-0.4, -0.2) is 20.3 Å². The number of para-hydroxylation sites is 2.